The zero-order valence-corrected chi connectivity index (χ0v) is 11.5. The number of carboxylic acid groups (broad SMARTS) is 1. The summed E-state index contributed by atoms with van der Waals surface area (Å²) in [5.41, 5.74) is 0.671. The van der Waals surface area contributed by atoms with E-state index < -0.39 is 15.8 Å². The molecule has 6 nitrogen and oxygen atoms in total. The third-order valence-corrected chi connectivity index (χ3v) is 5.61. The number of nitrogens with zero attached hydrogens (tertiary/aromatic N) is 2. The number of aromatic nitrogens is 1. The van der Waals surface area contributed by atoms with E-state index in [4.69, 9.17) is 5.11 Å². The third-order valence-electron chi connectivity index (χ3n) is 2.98. The van der Waals surface area contributed by atoms with Crippen LogP contribution in [0.4, 0.5) is 0 Å². The van der Waals surface area contributed by atoms with Crippen molar-refractivity contribution in [3.8, 4) is 0 Å². The van der Waals surface area contributed by atoms with Crippen LogP contribution in [0, 0.1) is 0 Å². The summed E-state index contributed by atoms with van der Waals surface area (Å²) >= 11 is 1.09. The second kappa shape index (κ2) is 4.94. The number of hydrogen-bond acceptors (Lipinski definition) is 6. The topological polar surface area (TPSA) is 87.6 Å². The lowest BCUT2D eigenvalue weighted by Crippen LogP contribution is -2.32. The van der Waals surface area contributed by atoms with Gasteiger partial charge in [0, 0.05) is 18.0 Å². The second-order valence-electron chi connectivity index (χ2n) is 4.42. The minimum absolute atomic E-state index is 0.00461. The molecule has 2 rings (SSSR count). The van der Waals surface area contributed by atoms with Crippen molar-refractivity contribution in [1.82, 2.24) is 9.88 Å². The zero-order chi connectivity index (χ0) is 13.3. The Kier molecular flexibility index (Phi) is 3.69. The SMILES string of the molecule is CN(Cc1csc(C(=O)O)n1)C1CCS(=O)(=O)C1. The van der Waals surface area contributed by atoms with Gasteiger partial charge in [-0.05, 0) is 13.5 Å². The first-order valence-electron chi connectivity index (χ1n) is 5.46. The van der Waals surface area contributed by atoms with Crippen LogP contribution >= 0.6 is 11.3 Å². The number of aromatic carboxylic acids is 1. The number of carboxylic acids is 1. The molecule has 18 heavy (non-hydrogen) atoms. The molecule has 1 unspecified atom stereocenters. The Balaban J connectivity index is 1.99. The Hall–Kier alpha value is -0.990. The number of hydrogen-bond donors (Lipinski definition) is 1. The van der Waals surface area contributed by atoms with Crippen LogP contribution in [0.2, 0.25) is 0 Å². The van der Waals surface area contributed by atoms with Gasteiger partial charge in [-0.15, -0.1) is 11.3 Å². The molecule has 1 aliphatic heterocycles. The van der Waals surface area contributed by atoms with Gasteiger partial charge in [0.1, 0.15) is 0 Å². The largest absolute Gasteiger partial charge is 0.476 e. The maximum absolute atomic E-state index is 11.4. The molecule has 0 saturated carbocycles. The Labute approximate surface area is 109 Å². The molecule has 0 bridgehead atoms. The minimum Gasteiger partial charge on any atom is -0.476 e. The highest BCUT2D eigenvalue weighted by Crippen LogP contribution is 2.19. The standard InChI is InChI=1S/C10H14N2O4S2/c1-12(8-2-3-18(15,16)6-8)4-7-5-17-9(11-7)10(13)14/h5,8H,2-4,6H2,1H3,(H,13,14). The van der Waals surface area contributed by atoms with Crippen molar-refractivity contribution in [3.05, 3.63) is 16.1 Å². The Morgan fingerprint density at radius 1 is 1.67 bits per heavy atom. The van der Waals surface area contributed by atoms with Crippen LogP contribution in [0.1, 0.15) is 21.9 Å². The van der Waals surface area contributed by atoms with Gasteiger partial charge in [-0.3, -0.25) is 4.90 Å². The molecule has 100 valence electrons. The molecule has 1 aromatic heterocycles. The van der Waals surface area contributed by atoms with Crippen LogP contribution in [-0.2, 0) is 16.4 Å². The van der Waals surface area contributed by atoms with Gasteiger partial charge in [0.05, 0.1) is 17.2 Å². The fourth-order valence-electron chi connectivity index (χ4n) is 1.99. The highest BCUT2D eigenvalue weighted by atomic mass is 32.2. The Bertz CT molecular complexity index is 552. The molecule has 1 fully saturated rings. The summed E-state index contributed by atoms with van der Waals surface area (Å²) in [6.07, 6.45) is 0.634. The molecule has 1 atom stereocenters. The van der Waals surface area contributed by atoms with Crippen molar-refractivity contribution in [2.45, 2.75) is 19.0 Å². The number of carbonyl (C=O) groups is 1. The molecule has 0 aliphatic carbocycles. The van der Waals surface area contributed by atoms with Gasteiger partial charge in [-0.1, -0.05) is 0 Å². The smallest absolute Gasteiger partial charge is 0.365 e. The predicted octanol–water partition coefficient (Wildman–Crippen LogP) is 0.460. The summed E-state index contributed by atoms with van der Waals surface area (Å²) in [7, 11) is -1.06. The Morgan fingerprint density at radius 2 is 2.39 bits per heavy atom. The van der Waals surface area contributed by atoms with Crippen LogP contribution < -0.4 is 0 Å². The number of rotatable bonds is 4. The number of thiazole rings is 1. The lowest BCUT2D eigenvalue weighted by atomic mass is 10.2. The molecule has 0 amide bonds. The van der Waals surface area contributed by atoms with Crippen molar-refractivity contribution in [2.24, 2.45) is 0 Å². The van der Waals surface area contributed by atoms with Gasteiger partial charge in [0.2, 0.25) is 5.01 Å². The summed E-state index contributed by atoms with van der Waals surface area (Å²) in [6.45, 7) is 0.476. The van der Waals surface area contributed by atoms with E-state index in [-0.39, 0.29) is 22.6 Å². The molecule has 0 spiro atoms. The van der Waals surface area contributed by atoms with E-state index in [9.17, 15) is 13.2 Å². The van der Waals surface area contributed by atoms with E-state index in [1.807, 2.05) is 11.9 Å². The maximum atomic E-state index is 11.4. The summed E-state index contributed by atoms with van der Waals surface area (Å²) in [6, 6.07) is 0.00461. The van der Waals surface area contributed by atoms with Gasteiger partial charge in [0.25, 0.3) is 0 Å². The first kappa shape index (κ1) is 13.4. The first-order valence-corrected chi connectivity index (χ1v) is 8.16. The lowest BCUT2D eigenvalue weighted by Gasteiger charge is -2.21. The van der Waals surface area contributed by atoms with Crippen molar-refractivity contribution >= 4 is 27.1 Å². The molecule has 1 aliphatic rings. The van der Waals surface area contributed by atoms with Gasteiger partial charge >= 0.3 is 5.97 Å². The maximum Gasteiger partial charge on any atom is 0.365 e. The molecule has 8 heteroatoms. The van der Waals surface area contributed by atoms with Crippen LogP contribution in [0.5, 0.6) is 0 Å². The van der Waals surface area contributed by atoms with E-state index in [2.05, 4.69) is 4.98 Å². The molecule has 0 aromatic carbocycles. The fourth-order valence-corrected chi connectivity index (χ4v) is 4.44. The predicted molar refractivity (Wildman–Crippen MR) is 67.6 cm³/mol. The fraction of sp³-hybridized carbons (Fsp3) is 0.600. The molecular weight excluding hydrogens is 276 g/mol. The first-order chi connectivity index (χ1) is 8.37. The highest BCUT2D eigenvalue weighted by molar-refractivity contribution is 7.91. The van der Waals surface area contributed by atoms with E-state index >= 15 is 0 Å². The van der Waals surface area contributed by atoms with E-state index in [1.54, 1.807) is 5.38 Å². The van der Waals surface area contributed by atoms with E-state index in [0.29, 0.717) is 18.7 Å². The van der Waals surface area contributed by atoms with Gasteiger partial charge < -0.3 is 5.11 Å². The normalized spacial score (nSPS) is 22.4. The average Bonchev–Trinajstić information content (AvgIpc) is 2.84. The highest BCUT2D eigenvalue weighted by Gasteiger charge is 2.30. The van der Waals surface area contributed by atoms with Crippen molar-refractivity contribution < 1.29 is 18.3 Å². The Morgan fingerprint density at radius 3 is 2.89 bits per heavy atom. The van der Waals surface area contributed by atoms with Crippen molar-refractivity contribution in [1.29, 1.82) is 0 Å². The summed E-state index contributed by atoms with van der Waals surface area (Å²) in [4.78, 5) is 16.6. The molecule has 2 heterocycles. The molecule has 1 saturated heterocycles. The van der Waals surface area contributed by atoms with Crippen LogP contribution in [0.3, 0.4) is 0 Å². The van der Waals surface area contributed by atoms with Crippen LogP contribution in [-0.4, -0.2) is 54.0 Å². The van der Waals surface area contributed by atoms with Gasteiger partial charge in [-0.2, -0.15) is 0 Å². The van der Waals surface area contributed by atoms with Crippen molar-refractivity contribution in [3.63, 3.8) is 0 Å². The third kappa shape index (κ3) is 3.06. The summed E-state index contributed by atoms with van der Waals surface area (Å²) in [5, 5.41) is 10.5. The van der Waals surface area contributed by atoms with E-state index in [0.717, 1.165) is 11.3 Å². The lowest BCUT2D eigenvalue weighted by molar-refractivity contribution is 0.0696. The molecule has 1 N–H and O–H groups in total. The van der Waals surface area contributed by atoms with Crippen LogP contribution in [0.15, 0.2) is 5.38 Å². The van der Waals surface area contributed by atoms with E-state index in [1.165, 1.54) is 0 Å². The van der Waals surface area contributed by atoms with Crippen LogP contribution in [0.25, 0.3) is 0 Å². The quantitative estimate of drug-likeness (QED) is 0.867. The summed E-state index contributed by atoms with van der Waals surface area (Å²) < 4.78 is 22.7. The summed E-state index contributed by atoms with van der Waals surface area (Å²) in [5.74, 6) is -0.615. The number of sulfone groups is 1. The second-order valence-corrected chi connectivity index (χ2v) is 7.51. The average molecular weight is 290 g/mol. The van der Waals surface area contributed by atoms with Gasteiger partial charge in [0.15, 0.2) is 9.84 Å². The monoisotopic (exact) mass is 290 g/mol. The van der Waals surface area contributed by atoms with Gasteiger partial charge in [-0.25, -0.2) is 18.2 Å². The van der Waals surface area contributed by atoms with Crippen molar-refractivity contribution in [2.75, 3.05) is 18.6 Å². The molecule has 0 radical (unpaired) electrons. The zero-order valence-electron chi connectivity index (χ0n) is 9.87. The molecular formula is C10H14N2O4S2. The minimum atomic E-state index is -2.89. The molecule has 1 aromatic rings.